The number of hydrogen-bond acceptors (Lipinski definition) is 4. The Hall–Kier alpha value is -1.62. The van der Waals surface area contributed by atoms with Gasteiger partial charge in [-0.3, -0.25) is 9.78 Å². The van der Waals surface area contributed by atoms with Gasteiger partial charge in [0.15, 0.2) is 0 Å². The number of aromatic hydroxyl groups is 1. The highest BCUT2D eigenvalue weighted by molar-refractivity contribution is 5.94. The number of carbonyl (C=O) groups excluding carboxylic acids is 1. The number of pyridine rings is 1. The number of aliphatic hydroxyl groups excluding tert-OH is 1. The van der Waals surface area contributed by atoms with E-state index >= 15 is 0 Å². The zero-order chi connectivity index (χ0) is 13.0. The molecule has 98 valence electrons. The molecule has 1 unspecified atom stereocenters. The first-order chi connectivity index (χ1) is 8.72. The molecule has 5 nitrogen and oxygen atoms in total. The Morgan fingerprint density at radius 1 is 1.50 bits per heavy atom. The maximum absolute atomic E-state index is 12.3. The summed E-state index contributed by atoms with van der Waals surface area (Å²) in [4.78, 5) is 17.9. The van der Waals surface area contributed by atoms with E-state index < -0.39 is 0 Å². The smallest absolute Gasteiger partial charge is 0.255 e. The number of carbonyl (C=O) groups is 1. The first kappa shape index (κ1) is 12.8. The van der Waals surface area contributed by atoms with Crippen molar-refractivity contribution in [1.82, 2.24) is 9.88 Å². The van der Waals surface area contributed by atoms with E-state index in [9.17, 15) is 9.90 Å². The molecule has 0 aromatic carbocycles. The Bertz CT molecular complexity index is 422. The highest BCUT2D eigenvalue weighted by atomic mass is 16.3. The number of likely N-dealkylation sites (tertiary alicyclic amines) is 1. The molecule has 1 amide bonds. The van der Waals surface area contributed by atoms with Crippen molar-refractivity contribution in [3.8, 4) is 5.75 Å². The Morgan fingerprint density at radius 3 is 3.06 bits per heavy atom. The molecule has 0 spiro atoms. The van der Waals surface area contributed by atoms with Crippen LogP contribution >= 0.6 is 0 Å². The van der Waals surface area contributed by atoms with Gasteiger partial charge in [0, 0.05) is 25.4 Å². The molecule has 1 aliphatic heterocycles. The van der Waals surface area contributed by atoms with Crippen LogP contribution in [0.25, 0.3) is 0 Å². The van der Waals surface area contributed by atoms with Crippen LogP contribution in [-0.2, 0) is 0 Å². The van der Waals surface area contributed by atoms with Crippen molar-refractivity contribution in [3.63, 3.8) is 0 Å². The maximum atomic E-state index is 12.3. The minimum Gasteiger partial charge on any atom is -0.506 e. The van der Waals surface area contributed by atoms with Crippen molar-refractivity contribution >= 4 is 5.91 Å². The van der Waals surface area contributed by atoms with Crippen LogP contribution < -0.4 is 0 Å². The number of amides is 1. The van der Waals surface area contributed by atoms with Gasteiger partial charge in [-0.2, -0.15) is 0 Å². The van der Waals surface area contributed by atoms with Crippen molar-refractivity contribution in [3.05, 3.63) is 24.0 Å². The minimum absolute atomic E-state index is 0.00644. The molecule has 1 saturated heterocycles. The summed E-state index contributed by atoms with van der Waals surface area (Å²) in [5, 5.41) is 18.2. The monoisotopic (exact) mass is 250 g/mol. The first-order valence-corrected chi connectivity index (χ1v) is 6.28. The molecule has 2 heterocycles. The van der Waals surface area contributed by atoms with Gasteiger partial charge in [-0.05, 0) is 31.7 Å². The average Bonchev–Trinajstić information content (AvgIpc) is 2.83. The lowest BCUT2D eigenvalue weighted by atomic mass is 10.1. The molecule has 1 atom stereocenters. The summed E-state index contributed by atoms with van der Waals surface area (Å²) in [5.41, 5.74) is 0.422. The third kappa shape index (κ3) is 2.79. The molecule has 1 aliphatic rings. The summed E-state index contributed by atoms with van der Waals surface area (Å²) >= 11 is 0. The molecule has 0 aliphatic carbocycles. The summed E-state index contributed by atoms with van der Waals surface area (Å²) in [6.45, 7) is 0.900. The third-order valence-electron chi connectivity index (χ3n) is 3.30. The van der Waals surface area contributed by atoms with E-state index in [1.807, 2.05) is 4.90 Å². The van der Waals surface area contributed by atoms with Gasteiger partial charge in [-0.15, -0.1) is 0 Å². The van der Waals surface area contributed by atoms with Crippen LogP contribution in [0.3, 0.4) is 0 Å². The fraction of sp³-hybridized carbons (Fsp3) is 0.538. The fourth-order valence-electron chi connectivity index (χ4n) is 2.44. The standard InChI is InChI=1S/C13H18N2O3/c16-6-2-4-11-3-1-5-15(11)13(18)10-7-12(17)9-14-8-10/h7-9,11,16-17H,1-6H2. The normalized spacial score (nSPS) is 19.2. The van der Waals surface area contributed by atoms with Gasteiger partial charge in [0.25, 0.3) is 5.91 Å². The van der Waals surface area contributed by atoms with Crippen LogP contribution in [0, 0.1) is 0 Å². The Kier molecular flexibility index (Phi) is 4.15. The van der Waals surface area contributed by atoms with Crippen LogP contribution in [0.4, 0.5) is 0 Å². The van der Waals surface area contributed by atoms with E-state index in [0.29, 0.717) is 12.0 Å². The lowest BCUT2D eigenvalue weighted by Crippen LogP contribution is -2.35. The number of aliphatic hydroxyl groups is 1. The second kappa shape index (κ2) is 5.82. The number of nitrogens with zero attached hydrogens (tertiary/aromatic N) is 2. The molecular weight excluding hydrogens is 232 g/mol. The highest BCUT2D eigenvalue weighted by Crippen LogP contribution is 2.24. The van der Waals surface area contributed by atoms with Crippen molar-refractivity contribution in [1.29, 1.82) is 0 Å². The third-order valence-corrected chi connectivity index (χ3v) is 3.30. The summed E-state index contributed by atoms with van der Waals surface area (Å²) in [7, 11) is 0. The molecule has 0 radical (unpaired) electrons. The molecule has 18 heavy (non-hydrogen) atoms. The molecular formula is C13H18N2O3. The fourth-order valence-corrected chi connectivity index (χ4v) is 2.44. The van der Waals surface area contributed by atoms with Crippen LogP contribution in [0.15, 0.2) is 18.5 Å². The maximum Gasteiger partial charge on any atom is 0.255 e. The molecule has 1 aromatic heterocycles. The SMILES string of the molecule is O=C(c1cncc(O)c1)N1CCCC1CCCO. The lowest BCUT2D eigenvalue weighted by Gasteiger charge is -2.24. The predicted octanol–water partition coefficient (Wildman–Crippen LogP) is 1.16. The first-order valence-electron chi connectivity index (χ1n) is 6.28. The van der Waals surface area contributed by atoms with E-state index in [4.69, 9.17) is 5.11 Å². The van der Waals surface area contributed by atoms with Crippen molar-refractivity contribution in [2.45, 2.75) is 31.7 Å². The van der Waals surface area contributed by atoms with Gasteiger partial charge < -0.3 is 15.1 Å². The second-order valence-corrected chi connectivity index (χ2v) is 4.59. The van der Waals surface area contributed by atoms with Crippen molar-refractivity contribution in [2.24, 2.45) is 0 Å². The summed E-state index contributed by atoms with van der Waals surface area (Å²) in [5.74, 6) is -0.0780. The van der Waals surface area contributed by atoms with Gasteiger partial charge >= 0.3 is 0 Å². The van der Waals surface area contributed by atoms with Crippen LogP contribution in [0.2, 0.25) is 0 Å². The summed E-state index contributed by atoms with van der Waals surface area (Å²) < 4.78 is 0. The Labute approximate surface area is 106 Å². The zero-order valence-corrected chi connectivity index (χ0v) is 10.2. The highest BCUT2D eigenvalue weighted by Gasteiger charge is 2.29. The van der Waals surface area contributed by atoms with E-state index in [0.717, 1.165) is 25.8 Å². The lowest BCUT2D eigenvalue weighted by molar-refractivity contribution is 0.0723. The van der Waals surface area contributed by atoms with Gasteiger partial charge in [0.2, 0.25) is 0 Å². The number of aromatic nitrogens is 1. The predicted molar refractivity (Wildman–Crippen MR) is 66.3 cm³/mol. The largest absolute Gasteiger partial charge is 0.506 e. The van der Waals surface area contributed by atoms with Crippen LogP contribution in [0.5, 0.6) is 5.75 Å². The minimum atomic E-state index is -0.0844. The van der Waals surface area contributed by atoms with Crippen molar-refractivity contribution < 1.29 is 15.0 Å². The number of hydrogen-bond donors (Lipinski definition) is 2. The van der Waals surface area contributed by atoms with E-state index in [-0.39, 0.29) is 24.3 Å². The molecule has 2 N–H and O–H groups in total. The average molecular weight is 250 g/mol. The van der Waals surface area contributed by atoms with Crippen LogP contribution in [0.1, 0.15) is 36.0 Å². The van der Waals surface area contributed by atoms with E-state index in [1.165, 1.54) is 18.5 Å². The zero-order valence-electron chi connectivity index (χ0n) is 10.2. The van der Waals surface area contributed by atoms with Gasteiger partial charge in [0.05, 0.1) is 11.8 Å². The van der Waals surface area contributed by atoms with E-state index in [2.05, 4.69) is 4.98 Å². The Balaban J connectivity index is 2.08. The Morgan fingerprint density at radius 2 is 2.33 bits per heavy atom. The molecule has 1 fully saturated rings. The molecule has 2 rings (SSSR count). The number of rotatable bonds is 4. The van der Waals surface area contributed by atoms with Gasteiger partial charge in [0.1, 0.15) is 5.75 Å². The molecule has 5 heteroatoms. The van der Waals surface area contributed by atoms with Gasteiger partial charge in [-0.25, -0.2) is 0 Å². The second-order valence-electron chi connectivity index (χ2n) is 4.59. The van der Waals surface area contributed by atoms with E-state index in [1.54, 1.807) is 0 Å². The molecule has 0 saturated carbocycles. The van der Waals surface area contributed by atoms with Gasteiger partial charge in [-0.1, -0.05) is 0 Å². The summed E-state index contributed by atoms with van der Waals surface area (Å²) in [6.07, 6.45) is 6.31. The van der Waals surface area contributed by atoms with Crippen molar-refractivity contribution in [2.75, 3.05) is 13.2 Å². The molecule has 0 bridgehead atoms. The van der Waals surface area contributed by atoms with Crippen LogP contribution in [-0.4, -0.2) is 45.2 Å². The molecule has 1 aromatic rings. The summed E-state index contributed by atoms with van der Waals surface area (Å²) in [6, 6.07) is 1.64. The quantitative estimate of drug-likeness (QED) is 0.841. The topological polar surface area (TPSA) is 73.7 Å².